The molecular formula is C22H36O5Si. The van der Waals surface area contributed by atoms with Gasteiger partial charge < -0.3 is 19.0 Å². The Morgan fingerprint density at radius 3 is 2.25 bits per heavy atom. The van der Waals surface area contributed by atoms with Crippen molar-refractivity contribution in [3.8, 4) is 11.5 Å². The van der Waals surface area contributed by atoms with E-state index in [-0.39, 0.29) is 11.0 Å². The first-order valence-electron chi connectivity index (χ1n) is 9.78. The SMILES string of the molecule is COc1ccc(OCC=C[C@@H](CCO[Si](C)(C)C(C)(C)C)[C@@H](C)C(=O)O)cc1. The highest BCUT2D eigenvalue weighted by molar-refractivity contribution is 6.74. The fourth-order valence-corrected chi connectivity index (χ4v) is 3.47. The van der Waals surface area contributed by atoms with E-state index in [0.717, 1.165) is 11.5 Å². The van der Waals surface area contributed by atoms with Crippen LogP contribution >= 0.6 is 0 Å². The lowest BCUT2D eigenvalue weighted by Gasteiger charge is -2.36. The van der Waals surface area contributed by atoms with Gasteiger partial charge in [-0.3, -0.25) is 4.79 Å². The van der Waals surface area contributed by atoms with Crippen molar-refractivity contribution in [2.24, 2.45) is 11.8 Å². The zero-order valence-corrected chi connectivity index (χ0v) is 19.3. The number of ether oxygens (including phenoxy) is 2. The number of allylic oxidation sites excluding steroid dienone is 1. The number of methoxy groups -OCH3 is 1. The minimum Gasteiger partial charge on any atom is -0.497 e. The number of carboxylic acid groups (broad SMARTS) is 1. The van der Waals surface area contributed by atoms with E-state index in [1.165, 1.54) is 0 Å². The van der Waals surface area contributed by atoms with E-state index in [1.54, 1.807) is 14.0 Å². The van der Waals surface area contributed by atoms with Crippen LogP contribution in [0.5, 0.6) is 11.5 Å². The standard InChI is InChI=1S/C22H36O5Si/c1-17(21(23)24)18(14-16-27-28(6,7)22(2,3)4)9-8-15-26-20-12-10-19(25-5)11-13-20/h8-13,17-18H,14-16H2,1-7H3,(H,23,24)/t17-,18+/m1/s1. The summed E-state index contributed by atoms with van der Waals surface area (Å²) in [4.78, 5) is 11.5. The molecule has 0 fully saturated rings. The molecular weight excluding hydrogens is 372 g/mol. The summed E-state index contributed by atoms with van der Waals surface area (Å²) in [5.41, 5.74) is 0. The van der Waals surface area contributed by atoms with Gasteiger partial charge in [-0.1, -0.05) is 39.8 Å². The molecule has 158 valence electrons. The molecule has 1 aromatic carbocycles. The second kappa shape index (κ2) is 10.7. The smallest absolute Gasteiger partial charge is 0.306 e. The monoisotopic (exact) mass is 408 g/mol. The Morgan fingerprint density at radius 1 is 1.18 bits per heavy atom. The summed E-state index contributed by atoms with van der Waals surface area (Å²) >= 11 is 0. The van der Waals surface area contributed by atoms with Crippen LogP contribution in [0.1, 0.15) is 34.1 Å². The third kappa shape index (κ3) is 7.68. The van der Waals surface area contributed by atoms with Gasteiger partial charge in [-0.25, -0.2) is 0 Å². The highest BCUT2D eigenvalue weighted by atomic mass is 28.4. The third-order valence-corrected chi connectivity index (χ3v) is 10.1. The van der Waals surface area contributed by atoms with E-state index in [2.05, 4.69) is 33.9 Å². The molecule has 0 amide bonds. The first-order valence-corrected chi connectivity index (χ1v) is 12.7. The lowest BCUT2D eigenvalue weighted by atomic mass is 9.91. The Hall–Kier alpha value is -1.79. The number of carbonyl (C=O) groups is 1. The molecule has 0 saturated carbocycles. The summed E-state index contributed by atoms with van der Waals surface area (Å²) < 4.78 is 17.0. The maximum Gasteiger partial charge on any atom is 0.306 e. The van der Waals surface area contributed by atoms with Crippen molar-refractivity contribution in [2.75, 3.05) is 20.3 Å². The van der Waals surface area contributed by atoms with Gasteiger partial charge in [0, 0.05) is 6.61 Å². The Labute approximate surface area is 170 Å². The lowest BCUT2D eigenvalue weighted by molar-refractivity contribution is -0.142. The summed E-state index contributed by atoms with van der Waals surface area (Å²) in [5, 5.41) is 9.56. The molecule has 0 aromatic heterocycles. The van der Waals surface area contributed by atoms with Crippen LogP contribution in [0.3, 0.4) is 0 Å². The van der Waals surface area contributed by atoms with Crippen molar-refractivity contribution < 1.29 is 23.8 Å². The van der Waals surface area contributed by atoms with Crippen molar-refractivity contribution >= 4 is 14.3 Å². The van der Waals surface area contributed by atoms with Gasteiger partial charge in [0.15, 0.2) is 8.32 Å². The molecule has 0 bridgehead atoms. The topological polar surface area (TPSA) is 65.0 Å². The number of hydrogen-bond donors (Lipinski definition) is 1. The van der Waals surface area contributed by atoms with E-state index in [1.807, 2.05) is 36.4 Å². The second-order valence-corrected chi connectivity index (χ2v) is 13.4. The molecule has 0 aliphatic carbocycles. The van der Waals surface area contributed by atoms with Crippen molar-refractivity contribution in [3.05, 3.63) is 36.4 Å². The first-order chi connectivity index (χ1) is 13.0. The van der Waals surface area contributed by atoms with Gasteiger partial charge in [0.05, 0.1) is 13.0 Å². The Balaban J connectivity index is 2.61. The van der Waals surface area contributed by atoms with Crippen LogP contribution < -0.4 is 9.47 Å². The molecule has 5 nitrogen and oxygen atoms in total. The van der Waals surface area contributed by atoms with Crippen LogP contribution in [0, 0.1) is 11.8 Å². The summed E-state index contributed by atoms with van der Waals surface area (Å²) in [6.07, 6.45) is 4.51. The van der Waals surface area contributed by atoms with Gasteiger partial charge in [0.2, 0.25) is 0 Å². The molecule has 0 heterocycles. The molecule has 1 aromatic rings. The molecule has 0 spiro atoms. The molecule has 0 unspecified atom stereocenters. The van der Waals surface area contributed by atoms with Crippen LogP contribution in [0.2, 0.25) is 18.1 Å². The van der Waals surface area contributed by atoms with Gasteiger partial charge in [-0.2, -0.15) is 0 Å². The van der Waals surface area contributed by atoms with Crippen LogP contribution in [0.15, 0.2) is 36.4 Å². The first kappa shape index (κ1) is 24.2. The Morgan fingerprint density at radius 2 is 1.75 bits per heavy atom. The molecule has 6 heteroatoms. The predicted octanol–water partition coefficient (Wildman–Crippen LogP) is 5.38. The van der Waals surface area contributed by atoms with Crippen LogP contribution in [-0.2, 0) is 9.22 Å². The summed E-state index contributed by atoms with van der Waals surface area (Å²) in [7, 11) is -0.208. The lowest BCUT2D eigenvalue weighted by Crippen LogP contribution is -2.41. The average Bonchev–Trinajstić information content (AvgIpc) is 2.62. The number of benzene rings is 1. The van der Waals surface area contributed by atoms with Crippen molar-refractivity contribution in [1.82, 2.24) is 0 Å². The molecule has 0 radical (unpaired) electrons. The minimum atomic E-state index is -1.83. The quantitative estimate of drug-likeness (QED) is 0.393. The highest BCUT2D eigenvalue weighted by Gasteiger charge is 2.37. The van der Waals surface area contributed by atoms with E-state index in [0.29, 0.717) is 19.6 Å². The number of hydrogen-bond acceptors (Lipinski definition) is 4. The minimum absolute atomic E-state index is 0.0956. The maximum absolute atomic E-state index is 11.5. The molecule has 1 N–H and O–H groups in total. The maximum atomic E-state index is 11.5. The number of aliphatic carboxylic acids is 1. The van der Waals surface area contributed by atoms with Gasteiger partial charge in [-0.15, -0.1) is 0 Å². The predicted molar refractivity (Wildman–Crippen MR) is 116 cm³/mol. The molecule has 28 heavy (non-hydrogen) atoms. The molecule has 2 atom stereocenters. The van der Waals surface area contributed by atoms with E-state index in [4.69, 9.17) is 13.9 Å². The van der Waals surface area contributed by atoms with E-state index < -0.39 is 20.2 Å². The summed E-state index contributed by atoms with van der Waals surface area (Å²) in [6.45, 7) is 13.7. The highest BCUT2D eigenvalue weighted by Crippen LogP contribution is 2.36. The van der Waals surface area contributed by atoms with Gasteiger partial charge in [0.25, 0.3) is 0 Å². The van der Waals surface area contributed by atoms with Gasteiger partial charge >= 0.3 is 5.97 Å². The Kier molecular flexibility index (Phi) is 9.24. The zero-order valence-electron chi connectivity index (χ0n) is 18.3. The fourth-order valence-electron chi connectivity index (χ4n) is 2.41. The Bertz CT molecular complexity index is 631. The average molecular weight is 409 g/mol. The summed E-state index contributed by atoms with van der Waals surface area (Å²) in [5.74, 6) is 0.162. The molecule has 0 saturated heterocycles. The normalized spacial score (nSPS) is 14.7. The number of rotatable bonds is 11. The fraction of sp³-hybridized carbons (Fsp3) is 0.591. The second-order valence-electron chi connectivity index (χ2n) is 8.60. The molecule has 0 aliphatic rings. The molecule has 0 aliphatic heterocycles. The third-order valence-electron chi connectivity index (χ3n) is 5.54. The zero-order chi connectivity index (χ0) is 21.4. The van der Waals surface area contributed by atoms with Crippen molar-refractivity contribution in [1.29, 1.82) is 0 Å². The van der Waals surface area contributed by atoms with Crippen LogP contribution in [-0.4, -0.2) is 39.7 Å². The van der Waals surface area contributed by atoms with Crippen LogP contribution in [0.25, 0.3) is 0 Å². The number of carboxylic acids is 1. The van der Waals surface area contributed by atoms with Gasteiger partial charge in [-0.05, 0) is 54.7 Å². The molecule has 1 rings (SSSR count). The van der Waals surface area contributed by atoms with E-state index in [9.17, 15) is 9.90 Å². The van der Waals surface area contributed by atoms with Crippen molar-refractivity contribution in [2.45, 2.75) is 52.2 Å². The van der Waals surface area contributed by atoms with Crippen molar-refractivity contribution in [3.63, 3.8) is 0 Å². The summed E-state index contributed by atoms with van der Waals surface area (Å²) in [6, 6.07) is 7.37. The van der Waals surface area contributed by atoms with Gasteiger partial charge in [0.1, 0.15) is 18.1 Å². The largest absolute Gasteiger partial charge is 0.497 e. The van der Waals surface area contributed by atoms with E-state index >= 15 is 0 Å². The van der Waals surface area contributed by atoms with Crippen LogP contribution in [0.4, 0.5) is 0 Å².